The molecule has 0 fully saturated rings. The summed E-state index contributed by atoms with van der Waals surface area (Å²) in [6, 6.07) is 15.1. The first-order valence-electron chi connectivity index (χ1n) is 11.5. The van der Waals surface area contributed by atoms with Crippen LogP contribution in [0.1, 0.15) is 17.0 Å². The molecule has 0 saturated carbocycles. The molecule has 9 nitrogen and oxygen atoms in total. The summed E-state index contributed by atoms with van der Waals surface area (Å²) in [6.07, 6.45) is 1.13. The van der Waals surface area contributed by atoms with E-state index >= 15 is 0 Å². The summed E-state index contributed by atoms with van der Waals surface area (Å²) in [6.45, 7) is -0.132. The van der Waals surface area contributed by atoms with E-state index in [1.165, 1.54) is 42.0 Å². The van der Waals surface area contributed by atoms with E-state index in [4.69, 9.17) is 15.9 Å². The zero-order valence-corrected chi connectivity index (χ0v) is 20.4. The molecule has 5 aromatic rings. The van der Waals surface area contributed by atoms with Gasteiger partial charge in [0, 0.05) is 5.56 Å². The molecule has 0 aliphatic heterocycles. The number of nitrogens with zero attached hydrogens (tertiary/aromatic N) is 4. The Labute approximate surface area is 219 Å². The first-order valence-corrected chi connectivity index (χ1v) is 11.5. The Hall–Kier alpha value is -5.26. The highest BCUT2D eigenvalue weighted by molar-refractivity contribution is 6.16. The minimum atomic E-state index is -1.30. The molecule has 12 heteroatoms. The molecule has 4 N–H and O–H groups in total. The van der Waals surface area contributed by atoms with Crippen molar-refractivity contribution >= 4 is 28.3 Å². The van der Waals surface area contributed by atoms with Gasteiger partial charge in [0.1, 0.15) is 35.0 Å². The van der Waals surface area contributed by atoms with Crippen molar-refractivity contribution in [3.05, 3.63) is 112 Å². The van der Waals surface area contributed by atoms with Gasteiger partial charge < -0.3 is 15.8 Å². The Balaban J connectivity index is 1.59. The number of methoxy groups -OCH3 is 1. The van der Waals surface area contributed by atoms with Crippen molar-refractivity contribution in [1.29, 1.82) is 5.41 Å². The Kier molecular flexibility index (Phi) is 6.67. The number of halogens is 3. The third-order valence-electron chi connectivity index (χ3n) is 6.01. The number of rotatable bonds is 7. The van der Waals surface area contributed by atoms with Gasteiger partial charge in [0.15, 0.2) is 11.6 Å². The zero-order valence-electron chi connectivity index (χ0n) is 20.4. The standard InChI is InChI=1S/C27H20F3N7O2/c1-39-18-11-10-15(22(29)23(18)30)24(31)21-25(32)34-13-35-26(21)33-12-19-36-17-9-5-8-16(28)20(17)27(38)37(19)14-6-3-2-4-7-14/h2-11,13,31H,12H2,1H3,(H3,32,33,34,35). The van der Waals surface area contributed by atoms with Crippen molar-refractivity contribution in [2.45, 2.75) is 6.54 Å². The molecule has 0 aliphatic carbocycles. The first-order chi connectivity index (χ1) is 18.8. The molecule has 3 aromatic carbocycles. The lowest BCUT2D eigenvalue weighted by molar-refractivity contribution is 0.371. The molecule has 2 aromatic heterocycles. The Morgan fingerprint density at radius 3 is 2.54 bits per heavy atom. The van der Waals surface area contributed by atoms with Gasteiger partial charge in [-0.25, -0.2) is 23.7 Å². The lowest BCUT2D eigenvalue weighted by atomic mass is 10.0. The van der Waals surface area contributed by atoms with Crippen molar-refractivity contribution in [2.75, 3.05) is 18.2 Å². The Morgan fingerprint density at radius 1 is 1.03 bits per heavy atom. The average molecular weight is 531 g/mol. The number of nitrogens with one attached hydrogen (secondary N) is 2. The number of anilines is 2. The smallest absolute Gasteiger partial charge is 0.269 e. The lowest BCUT2D eigenvalue weighted by Gasteiger charge is -2.17. The monoisotopic (exact) mass is 531 g/mol. The summed E-state index contributed by atoms with van der Waals surface area (Å²) in [7, 11) is 1.19. The summed E-state index contributed by atoms with van der Waals surface area (Å²) in [5, 5.41) is 11.4. The molecular weight excluding hydrogens is 511 g/mol. The number of hydrogen-bond acceptors (Lipinski definition) is 8. The maximum Gasteiger partial charge on any atom is 0.269 e. The van der Waals surface area contributed by atoms with Crippen LogP contribution in [0.4, 0.5) is 24.8 Å². The van der Waals surface area contributed by atoms with Crippen LogP contribution in [-0.2, 0) is 6.54 Å². The largest absolute Gasteiger partial charge is 0.494 e. The number of fused-ring (bicyclic) bond motifs is 1. The van der Waals surface area contributed by atoms with Gasteiger partial charge in [0.25, 0.3) is 5.56 Å². The van der Waals surface area contributed by atoms with Gasteiger partial charge in [0.05, 0.1) is 36.1 Å². The SMILES string of the molecule is COc1ccc(C(=N)c2c(N)ncnc2NCc2nc3cccc(F)c3c(=O)n2-c2ccccc2)c(F)c1F. The lowest BCUT2D eigenvalue weighted by Crippen LogP contribution is -2.26. The van der Waals surface area contributed by atoms with E-state index in [-0.39, 0.29) is 46.2 Å². The predicted octanol–water partition coefficient (Wildman–Crippen LogP) is 4.21. The summed E-state index contributed by atoms with van der Waals surface area (Å²) in [5.74, 6) is -3.55. The highest BCUT2D eigenvalue weighted by Gasteiger charge is 2.23. The maximum absolute atomic E-state index is 14.8. The van der Waals surface area contributed by atoms with Gasteiger partial charge in [-0.1, -0.05) is 24.3 Å². The van der Waals surface area contributed by atoms with Crippen molar-refractivity contribution in [2.24, 2.45) is 0 Å². The van der Waals surface area contributed by atoms with E-state index in [0.29, 0.717) is 5.69 Å². The number of aromatic nitrogens is 4. The van der Waals surface area contributed by atoms with Gasteiger partial charge in [0.2, 0.25) is 5.82 Å². The van der Waals surface area contributed by atoms with Crippen molar-refractivity contribution in [1.82, 2.24) is 19.5 Å². The molecule has 196 valence electrons. The van der Waals surface area contributed by atoms with E-state index in [1.54, 1.807) is 30.3 Å². The average Bonchev–Trinajstić information content (AvgIpc) is 2.93. The molecule has 0 amide bonds. The molecule has 5 rings (SSSR count). The zero-order chi connectivity index (χ0) is 27.7. The van der Waals surface area contributed by atoms with Crippen LogP contribution in [0.2, 0.25) is 0 Å². The summed E-state index contributed by atoms with van der Waals surface area (Å²) >= 11 is 0. The van der Waals surface area contributed by atoms with Crippen LogP contribution < -0.4 is 21.3 Å². The molecule has 0 unspecified atom stereocenters. The topological polar surface area (TPSA) is 132 Å². The normalized spacial score (nSPS) is 11.0. The van der Waals surface area contributed by atoms with E-state index in [0.717, 1.165) is 6.33 Å². The molecule has 0 spiro atoms. The van der Waals surface area contributed by atoms with Gasteiger partial charge in [-0.15, -0.1) is 0 Å². The second-order valence-corrected chi connectivity index (χ2v) is 8.29. The third-order valence-corrected chi connectivity index (χ3v) is 6.01. The van der Waals surface area contributed by atoms with Crippen LogP contribution >= 0.6 is 0 Å². The van der Waals surface area contributed by atoms with Gasteiger partial charge in [-0.05, 0) is 36.4 Å². The minimum absolute atomic E-state index is 0.0105. The van der Waals surface area contributed by atoms with E-state index in [9.17, 15) is 18.0 Å². The maximum atomic E-state index is 14.8. The number of nitrogen functional groups attached to an aromatic ring is 1. The predicted molar refractivity (Wildman–Crippen MR) is 140 cm³/mol. The van der Waals surface area contributed by atoms with Crippen LogP contribution in [0.5, 0.6) is 5.75 Å². The number of nitrogens with two attached hydrogens (primary N) is 1. The number of benzene rings is 3. The molecule has 0 bridgehead atoms. The second kappa shape index (κ2) is 10.2. The fourth-order valence-electron chi connectivity index (χ4n) is 4.16. The second-order valence-electron chi connectivity index (χ2n) is 8.29. The minimum Gasteiger partial charge on any atom is -0.494 e. The summed E-state index contributed by atoms with van der Waals surface area (Å²) in [5.41, 5.74) is 5.03. The number of ether oxygens (including phenoxy) is 1. The van der Waals surface area contributed by atoms with E-state index in [1.807, 2.05) is 0 Å². The van der Waals surface area contributed by atoms with E-state index in [2.05, 4.69) is 20.3 Å². The number of para-hydroxylation sites is 1. The molecule has 2 heterocycles. The van der Waals surface area contributed by atoms with Crippen LogP contribution in [0.15, 0.2) is 71.8 Å². The van der Waals surface area contributed by atoms with Crippen LogP contribution in [0, 0.1) is 22.9 Å². The van der Waals surface area contributed by atoms with Gasteiger partial charge in [-0.3, -0.25) is 14.8 Å². The number of hydrogen-bond donors (Lipinski definition) is 3. The summed E-state index contributed by atoms with van der Waals surface area (Å²) in [4.78, 5) is 25.9. The van der Waals surface area contributed by atoms with Crippen LogP contribution in [0.25, 0.3) is 16.6 Å². The molecule has 0 atom stereocenters. The van der Waals surface area contributed by atoms with Gasteiger partial charge in [-0.2, -0.15) is 4.39 Å². The first kappa shape index (κ1) is 25.4. The third kappa shape index (κ3) is 4.52. The Bertz CT molecular complexity index is 1790. The van der Waals surface area contributed by atoms with Crippen molar-refractivity contribution < 1.29 is 17.9 Å². The fraction of sp³-hybridized carbons (Fsp3) is 0.0741. The molecule has 0 saturated heterocycles. The molecular formula is C27H20F3N7O2. The summed E-state index contributed by atoms with van der Waals surface area (Å²) < 4.78 is 49.8. The molecule has 0 aliphatic rings. The van der Waals surface area contributed by atoms with E-state index < -0.39 is 34.3 Å². The molecule has 39 heavy (non-hydrogen) atoms. The van der Waals surface area contributed by atoms with Crippen molar-refractivity contribution in [3.8, 4) is 11.4 Å². The van der Waals surface area contributed by atoms with Crippen LogP contribution in [-0.4, -0.2) is 32.3 Å². The fourth-order valence-corrected chi connectivity index (χ4v) is 4.16. The van der Waals surface area contributed by atoms with Gasteiger partial charge >= 0.3 is 0 Å². The molecule has 0 radical (unpaired) electrons. The van der Waals surface area contributed by atoms with Crippen molar-refractivity contribution in [3.63, 3.8) is 0 Å². The van der Waals surface area contributed by atoms with Crippen LogP contribution in [0.3, 0.4) is 0 Å². The highest BCUT2D eigenvalue weighted by atomic mass is 19.2. The Morgan fingerprint density at radius 2 is 1.79 bits per heavy atom. The quantitative estimate of drug-likeness (QED) is 0.268. The highest BCUT2D eigenvalue weighted by Crippen LogP contribution is 2.28.